The van der Waals surface area contributed by atoms with Crippen molar-refractivity contribution in [2.45, 2.75) is 32.4 Å². The van der Waals surface area contributed by atoms with Crippen LogP contribution in [0.2, 0.25) is 5.02 Å². The molecule has 4 nitrogen and oxygen atoms in total. The Hall–Kier alpha value is -2.14. The van der Waals surface area contributed by atoms with Gasteiger partial charge < -0.3 is 9.80 Å². The van der Waals surface area contributed by atoms with Crippen LogP contribution in [0.3, 0.4) is 0 Å². The fraction of sp³-hybridized carbons (Fsp3) is 0.444. The van der Waals surface area contributed by atoms with Crippen LogP contribution in [-0.4, -0.2) is 60.9 Å². The van der Waals surface area contributed by atoms with Gasteiger partial charge in [-0.15, -0.1) is 0 Å². The summed E-state index contributed by atoms with van der Waals surface area (Å²) in [4.78, 5) is 19.7. The van der Waals surface area contributed by atoms with Crippen molar-refractivity contribution >= 4 is 23.6 Å². The van der Waals surface area contributed by atoms with E-state index in [2.05, 4.69) is 28.0 Å². The van der Waals surface area contributed by atoms with E-state index >= 15 is 0 Å². The lowest BCUT2D eigenvalue weighted by atomic mass is 9.94. The summed E-state index contributed by atoms with van der Waals surface area (Å²) < 4.78 is 0. The standard InChI is InChI=1S/C27H34ClN3O/c1-29(2)16-17-31(20-24-6-3-4-9-26(24)28)27(32)13-12-22-7-5-8-23-19-30(15-14-25(22)23)18-21-10-11-21/h3-9,12-13,21H,10-11,14-20H2,1-2H3/b13-12+. The first-order valence-electron chi connectivity index (χ1n) is 11.7. The molecule has 1 aliphatic carbocycles. The lowest BCUT2D eigenvalue weighted by molar-refractivity contribution is -0.126. The smallest absolute Gasteiger partial charge is 0.246 e. The Morgan fingerprint density at radius 1 is 1.12 bits per heavy atom. The number of fused-ring (bicyclic) bond motifs is 1. The van der Waals surface area contributed by atoms with E-state index in [0.29, 0.717) is 18.1 Å². The van der Waals surface area contributed by atoms with Crippen molar-refractivity contribution in [1.29, 1.82) is 0 Å². The van der Waals surface area contributed by atoms with E-state index in [0.717, 1.165) is 37.5 Å². The fourth-order valence-corrected chi connectivity index (χ4v) is 4.56. The van der Waals surface area contributed by atoms with Crippen molar-refractivity contribution in [3.63, 3.8) is 0 Å². The van der Waals surface area contributed by atoms with Crippen LogP contribution < -0.4 is 0 Å². The summed E-state index contributed by atoms with van der Waals surface area (Å²) >= 11 is 6.36. The van der Waals surface area contributed by atoms with Gasteiger partial charge in [-0.05, 0) is 73.7 Å². The van der Waals surface area contributed by atoms with Crippen molar-refractivity contribution in [3.05, 3.63) is 75.8 Å². The van der Waals surface area contributed by atoms with Crippen LogP contribution in [0.4, 0.5) is 0 Å². The molecule has 1 aliphatic heterocycles. The molecule has 32 heavy (non-hydrogen) atoms. The molecule has 4 rings (SSSR count). The van der Waals surface area contributed by atoms with Crippen LogP contribution in [0.5, 0.6) is 0 Å². The van der Waals surface area contributed by atoms with Crippen LogP contribution in [0, 0.1) is 5.92 Å². The van der Waals surface area contributed by atoms with Crippen molar-refractivity contribution < 1.29 is 4.79 Å². The number of nitrogens with zero attached hydrogens (tertiary/aromatic N) is 3. The highest BCUT2D eigenvalue weighted by atomic mass is 35.5. The topological polar surface area (TPSA) is 26.8 Å². The van der Waals surface area contributed by atoms with Gasteiger partial charge in [-0.25, -0.2) is 0 Å². The summed E-state index contributed by atoms with van der Waals surface area (Å²) in [6, 6.07) is 14.3. The van der Waals surface area contributed by atoms with E-state index < -0.39 is 0 Å². The molecular weight excluding hydrogens is 418 g/mol. The molecule has 1 fully saturated rings. The normalized spacial score (nSPS) is 16.5. The van der Waals surface area contributed by atoms with Gasteiger partial charge in [-0.3, -0.25) is 9.69 Å². The van der Waals surface area contributed by atoms with E-state index in [1.54, 1.807) is 6.08 Å². The summed E-state index contributed by atoms with van der Waals surface area (Å²) in [5.41, 5.74) is 4.95. The van der Waals surface area contributed by atoms with Crippen LogP contribution >= 0.6 is 11.6 Å². The second-order valence-electron chi connectivity index (χ2n) is 9.40. The molecule has 0 radical (unpaired) electrons. The van der Waals surface area contributed by atoms with Gasteiger partial charge in [0.25, 0.3) is 0 Å². The van der Waals surface area contributed by atoms with Gasteiger partial charge in [0.1, 0.15) is 0 Å². The van der Waals surface area contributed by atoms with E-state index in [1.165, 1.54) is 36.1 Å². The Bertz CT molecular complexity index is 967. The molecule has 2 aliphatic rings. The number of benzene rings is 2. The maximum absolute atomic E-state index is 13.2. The number of likely N-dealkylation sites (N-methyl/N-ethyl adjacent to an activating group) is 1. The molecule has 1 heterocycles. The van der Waals surface area contributed by atoms with Gasteiger partial charge in [0.05, 0.1) is 0 Å². The van der Waals surface area contributed by atoms with Gasteiger partial charge in [0.15, 0.2) is 0 Å². The minimum atomic E-state index is 0.0237. The number of halogens is 1. The second kappa shape index (κ2) is 10.7. The number of hydrogen-bond donors (Lipinski definition) is 0. The Morgan fingerprint density at radius 2 is 1.94 bits per heavy atom. The first-order valence-corrected chi connectivity index (χ1v) is 12.1. The maximum atomic E-state index is 13.2. The summed E-state index contributed by atoms with van der Waals surface area (Å²) in [6.07, 6.45) is 7.59. The lowest BCUT2D eigenvalue weighted by Crippen LogP contribution is -2.35. The number of carbonyl (C=O) groups excluding carboxylic acids is 1. The zero-order valence-corrected chi connectivity index (χ0v) is 20.0. The van der Waals surface area contributed by atoms with Crippen molar-refractivity contribution in [2.75, 3.05) is 40.3 Å². The van der Waals surface area contributed by atoms with Crippen LogP contribution in [0.1, 0.15) is 35.1 Å². The molecule has 5 heteroatoms. The van der Waals surface area contributed by atoms with E-state index in [9.17, 15) is 4.79 Å². The Morgan fingerprint density at radius 3 is 2.69 bits per heavy atom. The third kappa shape index (κ3) is 6.22. The largest absolute Gasteiger partial charge is 0.333 e. The van der Waals surface area contributed by atoms with Crippen molar-refractivity contribution in [1.82, 2.24) is 14.7 Å². The van der Waals surface area contributed by atoms with Gasteiger partial charge in [0.2, 0.25) is 5.91 Å². The number of carbonyl (C=O) groups is 1. The first kappa shape index (κ1) is 23.0. The molecule has 0 N–H and O–H groups in total. The molecule has 0 aromatic heterocycles. The maximum Gasteiger partial charge on any atom is 0.246 e. The number of rotatable bonds is 9. The minimum absolute atomic E-state index is 0.0237. The molecule has 2 aromatic rings. The highest BCUT2D eigenvalue weighted by molar-refractivity contribution is 6.31. The van der Waals surface area contributed by atoms with Crippen LogP contribution in [-0.2, 0) is 24.3 Å². The molecule has 0 spiro atoms. The third-order valence-corrected chi connectivity index (χ3v) is 6.82. The van der Waals surface area contributed by atoms with Crippen LogP contribution in [0.15, 0.2) is 48.5 Å². The first-order chi connectivity index (χ1) is 15.5. The average molecular weight is 452 g/mol. The lowest BCUT2D eigenvalue weighted by Gasteiger charge is -2.29. The molecule has 2 aromatic carbocycles. The SMILES string of the molecule is CN(C)CCN(Cc1ccccc1Cl)C(=O)/C=C/c1cccc2c1CCN(CC1CC1)C2. The highest BCUT2D eigenvalue weighted by Gasteiger charge is 2.26. The van der Waals surface area contributed by atoms with Gasteiger partial charge in [-0.2, -0.15) is 0 Å². The Labute approximate surface area is 197 Å². The molecule has 0 saturated heterocycles. The number of hydrogen-bond acceptors (Lipinski definition) is 3. The van der Waals surface area contributed by atoms with Gasteiger partial charge >= 0.3 is 0 Å². The second-order valence-corrected chi connectivity index (χ2v) is 9.81. The van der Waals surface area contributed by atoms with E-state index in [-0.39, 0.29) is 5.91 Å². The minimum Gasteiger partial charge on any atom is -0.333 e. The molecular formula is C27H34ClN3O. The summed E-state index contributed by atoms with van der Waals surface area (Å²) in [5, 5.41) is 0.701. The summed E-state index contributed by atoms with van der Waals surface area (Å²) in [6.45, 7) is 5.36. The predicted octanol–water partition coefficient (Wildman–Crippen LogP) is 4.71. The molecule has 0 bridgehead atoms. The van der Waals surface area contributed by atoms with E-state index in [1.807, 2.05) is 49.3 Å². The molecule has 0 unspecified atom stereocenters. The zero-order chi connectivity index (χ0) is 22.5. The summed E-state index contributed by atoms with van der Waals surface area (Å²) in [5.74, 6) is 0.944. The summed E-state index contributed by atoms with van der Waals surface area (Å²) in [7, 11) is 4.05. The molecule has 1 saturated carbocycles. The van der Waals surface area contributed by atoms with Crippen molar-refractivity contribution in [3.8, 4) is 0 Å². The zero-order valence-electron chi connectivity index (χ0n) is 19.3. The highest BCUT2D eigenvalue weighted by Crippen LogP contribution is 2.32. The van der Waals surface area contributed by atoms with Gasteiger partial charge in [-0.1, -0.05) is 48.0 Å². The average Bonchev–Trinajstić information content (AvgIpc) is 3.59. The van der Waals surface area contributed by atoms with E-state index in [4.69, 9.17) is 11.6 Å². The fourth-order valence-electron chi connectivity index (χ4n) is 4.36. The van der Waals surface area contributed by atoms with Crippen LogP contribution in [0.25, 0.3) is 6.08 Å². The molecule has 1 amide bonds. The predicted molar refractivity (Wildman–Crippen MR) is 133 cm³/mol. The Kier molecular flexibility index (Phi) is 7.67. The van der Waals surface area contributed by atoms with Gasteiger partial charge in [0, 0.05) is 50.4 Å². The third-order valence-electron chi connectivity index (χ3n) is 6.45. The quantitative estimate of drug-likeness (QED) is 0.516. The number of amides is 1. The molecule has 170 valence electrons. The monoisotopic (exact) mass is 451 g/mol. The Balaban J connectivity index is 1.46. The van der Waals surface area contributed by atoms with Crippen molar-refractivity contribution in [2.24, 2.45) is 5.92 Å². The molecule has 0 atom stereocenters.